The highest BCUT2D eigenvalue weighted by atomic mass is 35.5. The monoisotopic (exact) mass is 240 g/mol. The molecule has 0 aromatic heterocycles. The van der Waals surface area contributed by atoms with E-state index in [4.69, 9.17) is 0 Å². The molecule has 1 N–H and O–H groups in total. The number of para-hydroxylation sites is 1. The highest BCUT2D eigenvalue weighted by Crippen LogP contribution is 2.20. The first-order valence-electron chi connectivity index (χ1n) is 5.34. The Morgan fingerprint density at radius 3 is 2.50 bits per heavy atom. The number of hydrogen-bond donors (Lipinski definition) is 1. The number of halogens is 1. The molecule has 0 saturated carbocycles. The number of carbonyl (C=O) groups is 1. The molecule has 0 spiro atoms. The summed E-state index contributed by atoms with van der Waals surface area (Å²) in [6.07, 6.45) is 0. The second-order valence-corrected chi connectivity index (χ2v) is 3.81. The molecule has 1 saturated heterocycles. The molecule has 0 amide bonds. The van der Waals surface area contributed by atoms with Crippen LogP contribution in [0.5, 0.6) is 0 Å². The van der Waals surface area contributed by atoms with E-state index in [1.807, 2.05) is 24.3 Å². The predicted molar refractivity (Wildman–Crippen MR) is 68.8 cm³/mol. The molecule has 2 rings (SSSR count). The molecular weight excluding hydrogens is 224 g/mol. The predicted octanol–water partition coefficient (Wildman–Crippen LogP) is 1.72. The van der Waals surface area contributed by atoms with Crippen LogP contribution in [-0.2, 0) is 0 Å². The normalized spacial score (nSPS) is 15.4. The van der Waals surface area contributed by atoms with Crippen molar-refractivity contribution in [3.05, 3.63) is 29.8 Å². The fourth-order valence-electron chi connectivity index (χ4n) is 1.95. The highest BCUT2D eigenvalue weighted by molar-refractivity contribution is 5.99. The van der Waals surface area contributed by atoms with Gasteiger partial charge in [-0.2, -0.15) is 0 Å². The van der Waals surface area contributed by atoms with Crippen LogP contribution in [0.2, 0.25) is 0 Å². The van der Waals surface area contributed by atoms with E-state index in [0.29, 0.717) is 0 Å². The van der Waals surface area contributed by atoms with E-state index < -0.39 is 0 Å². The molecule has 4 heteroatoms. The van der Waals surface area contributed by atoms with Gasteiger partial charge in [0.15, 0.2) is 5.78 Å². The molecular formula is C12H17ClN2O. The lowest BCUT2D eigenvalue weighted by atomic mass is 10.1. The summed E-state index contributed by atoms with van der Waals surface area (Å²) in [7, 11) is 0. The van der Waals surface area contributed by atoms with Gasteiger partial charge in [0, 0.05) is 37.4 Å². The van der Waals surface area contributed by atoms with Gasteiger partial charge in [0.05, 0.1) is 0 Å². The summed E-state index contributed by atoms with van der Waals surface area (Å²) < 4.78 is 0. The van der Waals surface area contributed by atoms with Crippen LogP contribution in [0.3, 0.4) is 0 Å². The van der Waals surface area contributed by atoms with Crippen molar-refractivity contribution in [3.63, 3.8) is 0 Å². The lowest BCUT2D eigenvalue weighted by molar-refractivity contribution is 0.101. The average Bonchev–Trinajstić information content (AvgIpc) is 2.30. The molecule has 1 aliphatic rings. The van der Waals surface area contributed by atoms with Crippen molar-refractivity contribution in [1.29, 1.82) is 0 Å². The van der Waals surface area contributed by atoms with E-state index in [2.05, 4.69) is 10.2 Å². The average molecular weight is 241 g/mol. The topological polar surface area (TPSA) is 32.3 Å². The maximum atomic E-state index is 11.5. The summed E-state index contributed by atoms with van der Waals surface area (Å²) in [5, 5.41) is 3.31. The number of benzene rings is 1. The number of rotatable bonds is 2. The number of nitrogens with zero attached hydrogens (tertiary/aromatic N) is 1. The molecule has 1 fully saturated rings. The van der Waals surface area contributed by atoms with Crippen molar-refractivity contribution in [2.24, 2.45) is 0 Å². The van der Waals surface area contributed by atoms with E-state index >= 15 is 0 Å². The van der Waals surface area contributed by atoms with Crippen LogP contribution in [0.25, 0.3) is 0 Å². The van der Waals surface area contributed by atoms with Gasteiger partial charge in [-0.05, 0) is 19.1 Å². The zero-order valence-corrected chi connectivity index (χ0v) is 10.2. The number of piperazine rings is 1. The number of ketones is 1. The van der Waals surface area contributed by atoms with E-state index in [1.165, 1.54) is 0 Å². The minimum atomic E-state index is 0. The van der Waals surface area contributed by atoms with Crippen molar-refractivity contribution in [2.75, 3.05) is 31.1 Å². The maximum Gasteiger partial charge on any atom is 0.161 e. The minimum Gasteiger partial charge on any atom is -0.368 e. The second kappa shape index (κ2) is 5.87. The first-order valence-corrected chi connectivity index (χ1v) is 5.34. The van der Waals surface area contributed by atoms with Gasteiger partial charge >= 0.3 is 0 Å². The van der Waals surface area contributed by atoms with Crippen LogP contribution in [-0.4, -0.2) is 32.0 Å². The van der Waals surface area contributed by atoms with Gasteiger partial charge in [-0.3, -0.25) is 4.79 Å². The number of hydrogen-bond acceptors (Lipinski definition) is 3. The van der Waals surface area contributed by atoms with Crippen molar-refractivity contribution >= 4 is 23.9 Å². The molecule has 1 aromatic rings. The Hall–Kier alpha value is -1.06. The Morgan fingerprint density at radius 2 is 1.88 bits per heavy atom. The van der Waals surface area contributed by atoms with Crippen LogP contribution in [0.15, 0.2) is 24.3 Å². The summed E-state index contributed by atoms with van der Waals surface area (Å²) in [6.45, 7) is 5.56. The molecule has 1 aromatic carbocycles. The molecule has 0 radical (unpaired) electrons. The van der Waals surface area contributed by atoms with Gasteiger partial charge in [0.1, 0.15) is 0 Å². The standard InChI is InChI=1S/C12H16N2O.ClH/c1-10(15)11-4-2-3-5-12(11)14-8-6-13-7-9-14;/h2-5,13H,6-9H2,1H3;1H. The quantitative estimate of drug-likeness (QED) is 0.799. The molecule has 1 heterocycles. The van der Waals surface area contributed by atoms with Crippen molar-refractivity contribution in [3.8, 4) is 0 Å². The number of Topliss-reactive ketones (excluding diaryl/α,β-unsaturated/α-hetero) is 1. The molecule has 1 aliphatic heterocycles. The summed E-state index contributed by atoms with van der Waals surface area (Å²) >= 11 is 0. The molecule has 0 bridgehead atoms. The van der Waals surface area contributed by atoms with Gasteiger partial charge < -0.3 is 10.2 Å². The third-order valence-corrected chi connectivity index (χ3v) is 2.74. The van der Waals surface area contributed by atoms with Crippen LogP contribution in [0, 0.1) is 0 Å². The van der Waals surface area contributed by atoms with Gasteiger partial charge in [-0.1, -0.05) is 12.1 Å². The largest absolute Gasteiger partial charge is 0.368 e. The van der Waals surface area contributed by atoms with Crippen LogP contribution in [0.1, 0.15) is 17.3 Å². The molecule has 0 unspecified atom stereocenters. The molecule has 0 atom stereocenters. The Bertz CT molecular complexity index is 362. The van der Waals surface area contributed by atoms with E-state index in [-0.39, 0.29) is 18.2 Å². The Kier molecular flexibility index (Phi) is 4.77. The van der Waals surface area contributed by atoms with Crippen molar-refractivity contribution in [2.45, 2.75) is 6.92 Å². The van der Waals surface area contributed by atoms with Gasteiger partial charge in [-0.15, -0.1) is 12.4 Å². The van der Waals surface area contributed by atoms with E-state index in [9.17, 15) is 4.79 Å². The number of carbonyl (C=O) groups excluding carboxylic acids is 1. The van der Waals surface area contributed by atoms with Gasteiger partial charge in [0.25, 0.3) is 0 Å². The van der Waals surface area contributed by atoms with Crippen LogP contribution < -0.4 is 10.2 Å². The molecule has 16 heavy (non-hydrogen) atoms. The lowest BCUT2D eigenvalue weighted by Gasteiger charge is -2.30. The molecule has 3 nitrogen and oxygen atoms in total. The van der Waals surface area contributed by atoms with E-state index in [1.54, 1.807) is 6.92 Å². The van der Waals surface area contributed by atoms with E-state index in [0.717, 1.165) is 37.4 Å². The smallest absolute Gasteiger partial charge is 0.161 e. The Labute approximate surface area is 102 Å². The second-order valence-electron chi connectivity index (χ2n) is 3.81. The summed E-state index contributed by atoms with van der Waals surface area (Å²) in [5.74, 6) is 0.143. The summed E-state index contributed by atoms with van der Waals surface area (Å²) in [6, 6.07) is 7.84. The van der Waals surface area contributed by atoms with Crippen LogP contribution in [0.4, 0.5) is 5.69 Å². The third kappa shape index (κ3) is 2.74. The fraction of sp³-hybridized carbons (Fsp3) is 0.417. The summed E-state index contributed by atoms with van der Waals surface area (Å²) in [5.41, 5.74) is 1.91. The first kappa shape index (κ1) is 13.0. The third-order valence-electron chi connectivity index (χ3n) is 2.74. The lowest BCUT2D eigenvalue weighted by Crippen LogP contribution is -2.44. The number of anilines is 1. The highest BCUT2D eigenvalue weighted by Gasteiger charge is 2.15. The Balaban J connectivity index is 0.00000128. The zero-order valence-electron chi connectivity index (χ0n) is 9.40. The van der Waals surface area contributed by atoms with Crippen molar-refractivity contribution < 1.29 is 4.79 Å². The molecule has 88 valence electrons. The zero-order chi connectivity index (χ0) is 10.7. The van der Waals surface area contributed by atoms with Gasteiger partial charge in [0.2, 0.25) is 0 Å². The van der Waals surface area contributed by atoms with Crippen molar-refractivity contribution in [1.82, 2.24) is 5.32 Å². The number of nitrogens with one attached hydrogen (secondary N) is 1. The minimum absolute atomic E-state index is 0. The Morgan fingerprint density at radius 1 is 1.25 bits per heavy atom. The van der Waals surface area contributed by atoms with Gasteiger partial charge in [-0.25, -0.2) is 0 Å². The SMILES string of the molecule is CC(=O)c1ccccc1N1CCNCC1.Cl. The van der Waals surface area contributed by atoms with Crippen LogP contribution >= 0.6 is 12.4 Å². The maximum absolute atomic E-state index is 11.5. The summed E-state index contributed by atoms with van der Waals surface area (Å²) in [4.78, 5) is 13.7. The fourth-order valence-corrected chi connectivity index (χ4v) is 1.95. The first-order chi connectivity index (χ1) is 7.29. The molecule has 0 aliphatic carbocycles.